The molecule has 132 valence electrons. The minimum absolute atomic E-state index is 0.157. The maximum atomic E-state index is 11.4. The first-order chi connectivity index (χ1) is 12.1. The molecule has 0 spiro atoms. The van der Waals surface area contributed by atoms with Crippen molar-refractivity contribution < 1.29 is 14.3 Å². The van der Waals surface area contributed by atoms with Crippen LogP contribution in [0.4, 0.5) is 4.79 Å². The van der Waals surface area contributed by atoms with Crippen LogP contribution in [0.5, 0.6) is 0 Å². The summed E-state index contributed by atoms with van der Waals surface area (Å²) in [5.41, 5.74) is 5.03. The Hall–Kier alpha value is -2.33. The summed E-state index contributed by atoms with van der Waals surface area (Å²) in [5, 5.41) is 3.53. The lowest BCUT2D eigenvalue weighted by Crippen LogP contribution is -2.29. The van der Waals surface area contributed by atoms with E-state index in [1.807, 2.05) is 0 Å². The lowest BCUT2D eigenvalue weighted by atomic mass is 9.83. The number of nitrogens with one attached hydrogen (secondary N) is 1. The highest BCUT2D eigenvalue weighted by atomic mass is 16.7. The van der Waals surface area contributed by atoms with Crippen LogP contribution in [-0.4, -0.2) is 32.0 Å². The van der Waals surface area contributed by atoms with E-state index in [0.717, 1.165) is 6.42 Å². The SMILES string of the molecule is COC(=O)O[C@H]1CN[C@@H](C(c2ccc(C)cc2)c2ccc(C)cc2)C1. The molecule has 0 saturated carbocycles. The van der Waals surface area contributed by atoms with Gasteiger partial charge in [-0.25, -0.2) is 4.79 Å². The molecule has 1 heterocycles. The van der Waals surface area contributed by atoms with Gasteiger partial charge in [-0.3, -0.25) is 0 Å². The zero-order valence-corrected chi connectivity index (χ0v) is 15.0. The molecule has 1 N–H and O–H groups in total. The van der Waals surface area contributed by atoms with E-state index in [1.54, 1.807) is 0 Å². The van der Waals surface area contributed by atoms with Gasteiger partial charge in [-0.05, 0) is 25.0 Å². The quantitative estimate of drug-likeness (QED) is 0.857. The molecule has 2 atom stereocenters. The molecule has 4 heteroatoms. The number of rotatable bonds is 4. The predicted molar refractivity (Wildman–Crippen MR) is 97.9 cm³/mol. The summed E-state index contributed by atoms with van der Waals surface area (Å²) < 4.78 is 9.94. The third-order valence-corrected chi connectivity index (χ3v) is 4.83. The van der Waals surface area contributed by atoms with E-state index in [9.17, 15) is 4.79 Å². The van der Waals surface area contributed by atoms with E-state index in [1.165, 1.54) is 29.4 Å². The Morgan fingerprint density at radius 3 is 2.00 bits per heavy atom. The van der Waals surface area contributed by atoms with Gasteiger partial charge in [-0.1, -0.05) is 59.7 Å². The minimum atomic E-state index is -0.616. The number of hydrogen-bond donors (Lipinski definition) is 1. The molecule has 1 aliphatic rings. The molecular weight excluding hydrogens is 314 g/mol. The van der Waals surface area contributed by atoms with Gasteiger partial charge in [0.05, 0.1) is 7.11 Å². The molecule has 4 nitrogen and oxygen atoms in total. The maximum absolute atomic E-state index is 11.4. The Morgan fingerprint density at radius 2 is 1.52 bits per heavy atom. The Kier molecular flexibility index (Phi) is 5.39. The van der Waals surface area contributed by atoms with Crippen molar-refractivity contribution in [3.8, 4) is 0 Å². The molecule has 0 radical (unpaired) electrons. The summed E-state index contributed by atoms with van der Waals surface area (Å²) in [7, 11) is 1.34. The molecule has 1 aliphatic heterocycles. The highest BCUT2D eigenvalue weighted by molar-refractivity contribution is 5.59. The average molecular weight is 339 g/mol. The smallest absolute Gasteiger partial charge is 0.438 e. The molecule has 0 aromatic heterocycles. The number of hydrogen-bond acceptors (Lipinski definition) is 4. The lowest BCUT2D eigenvalue weighted by molar-refractivity contribution is 0.0430. The van der Waals surface area contributed by atoms with Crippen molar-refractivity contribution in [2.75, 3.05) is 13.7 Å². The summed E-state index contributed by atoms with van der Waals surface area (Å²) >= 11 is 0. The lowest BCUT2D eigenvalue weighted by Gasteiger charge is -2.25. The Morgan fingerprint density at radius 1 is 1.00 bits per heavy atom. The molecule has 1 fully saturated rings. The summed E-state index contributed by atoms with van der Waals surface area (Å²) in [6, 6.07) is 17.6. The van der Waals surface area contributed by atoms with Crippen molar-refractivity contribution >= 4 is 6.16 Å². The Balaban J connectivity index is 1.85. The number of methoxy groups -OCH3 is 1. The second-order valence-corrected chi connectivity index (χ2v) is 6.74. The fraction of sp³-hybridized carbons (Fsp3) is 0.381. The topological polar surface area (TPSA) is 47.6 Å². The van der Waals surface area contributed by atoms with Crippen LogP contribution in [0.1, 0.15) is 34.6 Å². The summed E-state index contributed by atoms with van der Waals surface area (Å²) in [6.07, 6.45) is -0.00727. The number of benzene rings is 2. The first-order valence-electron chi connectivity index (χ1n) is 8.68. The van der Waals surface area contributed by atoms with Gasteiger partial charge in [0, 0.05) is 24.9 Å². The molecule has 0 amide bonds. The van der Waals surface area contributed by atoms with Crippen LogP contribution in [-0.2, 0) is 9.47 Å². The molecule has 2 aromatic rings. The van der Waals surface area contributed by atoms with Crippen molar-refractivity contribution in [1.82, 2.24) is 5.32 Å². The predicted octanol–water partition coefficient (Wildman–Crippen LogP) is 3.95. The van der Waals surface area contributed by atoms with E-state index in [2.05, 4.69) is 72.4 Å². The van der Waals surface area contributed by atoms with E-state index >= 15 is 0 Å². The van der Waals surface area contributed by atoms with E-state index < -0.39 is 6.16 Å². The van der Waals surface area contributed by atoms with Crippen LogP contribution in [0.15, 0.2) is 48.5 Å². The highest BCUT2D eigenvalue weighted by Gasteiger charge is 2.34. The minimum Gasteiger partial charge on any atom is -0.438 e. The van der Waals surface area contributed by atoms with Gasteiger partial charge in [-0.15, -0.1) is 0 Å². The van der Waals surface area contributed by atoms with E-state index in [-0.39, 0.29) is 18.1 Å². The number of carbonyl (C=O) groups excluding carboxylic acids is 1. The van der Waals surface area contributed by atoms with Gasteiger partial charge in [0.25, 0.3) is 0 Å². The first-order valence-corrected chi connectivity index (χ1v) is 8.68. The molecule has 1 saturated heterocycles. The van der Waals surface area contributed by atoms with Gasteiger partial charge < -0.3 is 14.8 Å². The second-order valence-electron chi connectivity index (χ2n) is 6.74. The molecule has 0 unspecified atom stereocenters. The van der Waals surface area contributed by atoms with Gasteiger partial charge >= 0.3 is 6.16 Å². The van der Waals surface area contributed by atoms with Gasteiger partial charge in [0.15, 0.2) is 0 Å². The first kappa shape index (κ1) is 17.5. The van der Waals surface area contributed by atoms with Crippen molar-refractivity contribution in [1.29, 1.82) is 0 Å². The van der Waals surface area contributed by atoms with Crippen LogP contribution < -0.4 is 5.32 Å². The number of ether oxygens (including phenoxy) is 2. The molecule has 0 aliphatic carbocycles. The van der Waals surface area contributed by atoms with Gasteiger partial charge in [0.2, 0.25) is 0 Å². The largest absolute Gasteiger partial charge is 0.508 e. The monoisotopic (exact) mass is 339 g/mol. The van der Waals surface area contributed by atoms with Crippen LogP contribution in [0, 0.1) is 13.8 Å². The summed E-state index contributed by atoms with van der Waals surface area (Å²) in [5.74, 6) is 0.215. The fourth-order valence-corrected chi connectivity index (χ4v) is 3.47. The molecule has 0 bridgehead atoms. The summed E-state index contributed by atoms with van der Waals surface area (Å²) in [4.78, 5) is 11.4. The third kappa shape index (κ3) is 4.20. The van der Waals surface area contributed by atoms with Crippen LogP contribution in [0.2, 0.25) is 0 Å². The van der Waals surface area contributed by atoms with Crippen LogP contribution >= 0.6 is 0 Å². The zero-order valence-electron chi connectivity index (χ0n) is 15.0. The van der Waals surface area contributed by atoms with E-state index in [0.29, 0.717) is 6.54 Å². The molecule has 3 rings (SSSR count). The third-order valence-electron chi connectivity index (χ3n) is 4.83. The fourth-order valence-electron chi connectivity index (χ4n) is 3.47. The van der Waals surface area contributed by atoms with Crippen molar-refractivity contribution in [2.24, 2.45) is 0 Å². The Bertz CT molecular complexity index is 663. The number of aryl methyl sites for hydroxylation is 2. The van der Waals surface area contributed by atoms with E-state index in [4.69, 9.17) is 4.74 Å². The maximum Gasteiger partial charge on any atom is 0.508 e. The zero-order chi connectivity index (χ0) is 17.8. The highest BCUT2D eigenvalue weighted by Crippen LogP contribution is 2.33. The standard InChI is InChI=1S/C21H25NO3/c1-14-4-8-16(9-5-14)20(17-10-6-15(2)7-11-17)19-12-18(13-22-19)25-21(23)24-3/h4-11,18-20,22H,12-13H2,1-3H3/t18-,19-/m1/s1. The van der Waals surface area contributed by atoms with Crippen LogP contribution in [0.25, 0.3) is 0 Å². The molecular formula is C21H25NO3. The van der Waals surface area contributed by atoms with Crippen molar-refractivity contribution in [2.45, 2.75) is 38.3 Å². The molecule has 25 heavy (non-hydrogen) atoms. The van der Waals surface area contributed by atoms with Gasteiger partial charge in [-0.2, -0.15) is 0 Å². The van der Waals surface area contributed by atoms with Crippen LogP contribution in [0.3, 0.4) is 0 Å². The molecule has 2 aromatic carbocycles. The van der Waals surface area contributed by atoms with Crippen molar-refractivity contribution in [3.63, 3.8) is 0 Å². The normalized spacial score (nSPS) is 19.8. The van der Waals surface area contributed by atoms with Gasteiger partial charge in [0.1, 0.15) is 6.10 Å². The average Bonchev–Trinajstić information content (AvgIpc) is 3.06. The van der Waals surface area contributed by atoms with Crippen molar-refractivity contribution in [3.05, 3.63) is 70.8 Å². The Labute approximate surface area is 149 Å². The second kappa shape index (κ2) is 7.70. The summed E-state index contributed by atoms with van der Waals surface area (Å²) in [6.45, 7) is 4.84. The number of carbonyl (C=O) groups is 1.